The Balaban J connectivity index is 1.64. The maximum atomic E-state index is 12.9. The Kier molecular flexibility index (Phi) is 3.47. The van der Waals surface area contributed by atoms with Crippen LogP contribution in [0.25, 0.3) is 0 Å². The molecule has 1 aromatic carbocycles. The average Bonchev–Trinajstić information content (AvgIpc) is 2.96. The zero-order valence-corrected chi connectivity index (χ0v) is 16.7. The number of benzene rings is 1. The number of piperidine rings is 1. The number of likely N-dealkylation sites (tertiary alicyclic amines) is 1. The first-order valence-electron chi connectivity index (χ1n) is 9.85. The molecule has 0 unspecified atom stereocenters. The molecule has 0 N–H and O–H groups in total. The Labute approximate surface area is 164 Å². The Morgan fingerprint density at radius 1 is 1.32 bits per heavy atom. The molecular weight excluding hydrogens is 358 g/mol. The third-order valence-corrected chi connectivity index (χ3v) is 6.56. The summed E-state index contributed by atoms with van der Waals surface area (Å²) in [4.78, 5) is 27.5. The van der Waals surface area contributed by atoms with Gasteiger partial charge in [-0.25, -0.2) is 4.79 Å². The van der Waals surface area contributed by atoms with Gasteiger partial charge in [-0.05, 0) is 51.3 Å². The summed E-state index contributed by atoms with van der Waals surface area (Å²) >= 11 is 0. The zero-order valence-electron chi connectivity index (χ0n) is 16.7. The third-order valence-electron chi connectivity index (χ3n) is 6.56. The van der Waals surface area contributed by atoms with Gasteiger partial charge in [0, 0.05) is 24.1 Å². The molecule has 1 fully saturated rings. The van der Waals surface area contributed by atoms with Crippen molar-refractivity contribution >= 4 is 11.9 Å². The van der Waals surface area contributed by atoms with Crippen LogP contribution in [0.4, 0.5) is 4.79 Å². The van der Waals surface area contributed by atoms with Gasteiger partial charge in [0.05, 0.1) is 12.5 Å². The van der Waals surface area contributed by atoms with Gasteiger partial charge >= 0.3 is 6.09 Å². The molecular formula is C22H25NO5. The summed E-state index contributed by atoms with van der Waals surface area (Å²) in [5, 5.41) is 0. The van der Waals surface area contributed by atoms with Crippen LogP contribution < -0.4 is 9.47 Å². The summed E-state index contributed by atoms with van der Waals surface area (Å²) in [7, 11) is 1.62. The van der Waals surface area contributed by atoms with Crippen molar-refractivity contribution in [1.82, 2.24) is 4.90 Å². The van der Waals surface area contributed by atoms with Gasteiger partial charge in [0.2, 0.25) is 0 Å². The Bertz CT molecular complexity index is 914. The highest BCUT2D eigenvalue weighted by Gasteiger charge is 2.65. The molecule has 4 atom stereocenters. The number of nitrogens with zero attached hydrogens (tertiary/aromatic N) is 1. The zero-order chi connectivity index (χ0) is 19.8. The van der Waals surface area contributed by atoms with E-state index in [2.05, 4.69) is 6.07 Å². The van der Waals surface area contributed by atoms with E-state index >= 15 is 0 Å². The van der Waals surface area contributed by atoms with Crippen molar-refractivity contribution in [3.8, 4) is 11.5 Å². The number of hydrogen-bond donors (Lipinski definition) is 0. The quantitative estimate of drug-likeness (QED) is 0.746. The van der Waals surface area contributed by atoms with E-state index in [0.29, 0.717) is 30.9 Å². The predicted molar refractivity (Wildman–Crippen MR) is 102 cm³/mol. The topological polar surface area (TPSA) is 65.1 Å². The number of amides is 1. The summed E-state index contributed by atoms with van der Waals surface area (Å²) < 4.78 is 17.4. The molecule has 6 heteroatoms. The van der Waals surface area contributed by atoms with Crippen LogP contribution in [0, 0.1) is 5.92 Å². The lowest BCUT2D eigenvalue weighted by Crippen LogP contribution is -2.66. The van der Waals surface area contributed by atoms with Crippen molar-refractivity contribution in [2.24, 2.45) is 5.92 Å². The molecule has 4 aliphatic rings. The van der Waals surface area contributed by atoms with Gasteiger partial charge in [0.15, 0.2) is 23.4 Å². The van der Waals surface area contributed by atoms with E-state index in [9.17, 15) is 9.59 Å². The first-order chi connectivity index (χ1) is 13.3. The Hall–Kier alpha value is -2.50. The van der Waals surface area contributed by atoms with Crippen molar-refractivity contribution in [3.05, 3.63) is 35.4 Å². The van der Waals surface area contributed by atoms with Crippen LogP contribution >= 0.6 is 0 Å². The lowest BCUT2D eigenvalue weighted by atomic mass is 9.53. The fraction of sp³-hybridized carbons (Fsp3) is 0.545. The van der Waals surface area contributed by atoms with Crippen molar-refractivity contribution in [2.75, 3.05) is 13.7 Å². The average molecular weight is 383 g/mol. The van der Waals surface area contributed by atoms with Crippen molar-refractivity contribution in [1.29, 1.82) is 0 Å². The second kappa shape index (κ2) is 5.52. The summed E-state index contributed by atoms with van der Waals surface area (Å²) in [5.41, 5.74) is 1.28. The molecule has 2 heterocycles. The molecule has 0 radical (unpaired) electrons. The Morgan fingerprint density at radius 3 is 2.82 bits per heavy atom. The van der Waals surface area contributed by atoms with E-state index in [0.717, 1.165) is 11.1 Å². The van der Waals surface area contributed by atoms with Gasteiger partial charge in [-0.1, -0.05) is 12.1 Å². The number of hydrogen-bond acceptors (Lipinski definition) is 5. The highest BCUT2D eigenvalue weighted by Crippen LogP contribution is 2.62. The highest BCUT2D eigenvalue weighted by molar-refractivity contribution is 5.98. The van der Waals surface area contributed by atoms with E-state index in [1.165, 1.54) is 0 Å². The maximum absolute atomic E-state index is 12.9. The first kappa shape index (κ1) is 17.6. The van der Waals surface area contributed by atoms with Crippen LogP contribution in [-0.2, 0) is 21.4 Å². The lowest BCUT2D eigenvalue weighted by molar-refractivity contribution is -0.127. The standard InChI is InChI=1S/C22H25NO5/c1-21(2,3)28-20(25)23-10-9-22-13-6-7-15(24)19(22)27-18-16(26-4)8-5-12(17(18)22)11-14(13)23/h5-8,13-14,19H,9-11H2,1-4H3/t13-,14+,19-,22-/m0/s1. The third kappa shape index (κ3) is 2.14. The van der Waals surface area contributed by atoms with E-state index in [-0.39, 0.29) is 23.8 Å². The highest BCUT2D eigenvalue weighted by atomic mass is 16.6. The summed E-state index contributed by atoms with van der Waals surface area (Å²) in [6.07, 6.45) is 4.17. The molecule has 6 nitrogen and oxygen atoms in total. The fourth-order valence-electron chi connectivity index (χ4n) is 5.60. The van der Waals surface area contributed by atoms with Crippen LogP contribution in [0.5, 0.6) is 11.5 Å². The van der Waals surface area contributed by atoms with Crippen molar-refractivity contribution < 1.29 is 23.8 Å². The van der Waals surface area contributed by atoms with Gasteiger partial charge in [-0.2, -0.15) is 0 Å². The minimum atomic E-state index is -0.545. The van der Waals surface area contributed by atoms with Gasteiger partial charge in [-0.3, -0.25) is 4.79 Å². The lowest BCUT2D eigenvalue weighted by Gasteiger charge is -2.55. The molecule has 1 saturated heterocycles. The summed E-state index contributed by atoms with van der Waals surface area (Å²) in [5.74, 6) is 1.39. The second-order valence-corrected chi connectivity index (χ2v) is 9.15. The number of methoxy groups -OCH3 is 1. The second-order valence-electron chi connectivity index (χ2n) is 9.15. The van der Waals surface area contributed by atoms with Crippen molar-refractivity contribution in [2.45, 2.75) is 56.8 Å². The smallest absolute Gasteiger partial charge is 0.410 e. The van der Waals surface area contributed by atoms with E-state index in [4.69, 9.17) is 14.2 Å². The normalized spacial score (nSPS) is 31.9. The van der Waals surface area contributed by atoms with Gasteiger partial charge in [0.25, 0.3) is 0 Å². The summed E-state index contributed by atoms with van der Waals surface area (Å²) in [6, 6.07) is 3.90. The van der Waals surface area contributed by atoms with Crippen LogP contribution in [0.3, 0.4) is 0 Å². The molecule has 1 amide bonds. The van der Waals surface area contributed by atoms with E-state index < -0.39 is 17.1 Å². The molecule has 0 aromatic heterocycles. The molecule has 1 aromatic rings. The van der Waals surface area contributed by atoms with Crippen LogP contribution in [0.2, 0.25) is 0 Å². The molecule has 2 bridgehead atoms. The molecule has 5 rings (SSSR count). The summed E-state index contributed by atoms with van der Waals surface area (Å²) in [6.45, 7) is 6.19. The van der Waals surface area contributed by atoms with Crippen LogP contribution in [0.15, 0.2) is 24.3 Å². The number of carbonyl (C=O) groups is 2. The molecule has 0 saturated carbocycles. The number of carbonyl (C=O) groups excluding carboxylic acids is 2. The fourth-order valence-corrected chi connectivity index (χ4v) is 5.60. The monoisotopic (exact) mass is 383 g/mol. The van der Waals surface area contributed by atoms with Crippen LogP contribution in [0.1, 0.15) is 38.3 Å². The number of ketones is 1. The molecule has 28 heavy (non-hydrogen) atoms. The van der Waals surface area contributed by atoms with Crippen LogP contribution in [-0.4, -0.2) is 48.2 Å². The largest absolute Gasteiger partial charge is 0.493 e. The Morgan fingerprint density at radius 2 is 2.11 bits per heavy atom. The maximum Gasteiger partial charge on any atom is 0.410 e. The molecule has 148 valence electrons. The number of rotatable bonds is 1. The minimum absolute atomic E-state index is 0.00757. The van der Waals surface area contributed by atoms with E-state index in [1.807, 2.05) is 37.8 Å². The predicted octanol–water partition coefficient (Wildman–Crippen LogP) is 3.01. The molecule has 2 aliphatic heterocycles. The van der Waals surface area contributed by atoms with Gasteiger partial charge in [0.1, 0.15) is 5.60 Å². The van der Waals surface area contributed by atoms with Gasteiger partial charge < -0.3 is 19.1 Å². The van der Waals surface area contributed by atoms with Crippen molar-refractivity contribution in [3.63, 3.8) is 0 Å². The van der Waals surface area contributed by atoms with Gasteiger partial charge in [-0.15, -0.1) is 0 Å². The SMILES string of the molecule is COc1ccc2c3c1O[C@H]1C(=O)C=C[C@H]4[C@@H](C2)N(C(=O)OC(C)(C)C)CC[C@]314. The van der Waals surface area contributed by atoms with E-state index in [1.54, 1.807) is 13.2 Å². The molecule has 1 spiro atoms. The number of ether oxygens (including phenoxy) is 3. The molecule has 2 aliphatic carbocycles. The first-order valence-corrected chi connectivity index (χ1v) is 9.85. The minimum Gasteiger partial charge on any atom is -0.493 e.